The van der Waals surface area contributed by atoms with Gasteiger partial charge in [0.15, 0.2) is 11.6 Å². The number of carbonyl (C=O) groups excluding carboxylic acids is 2. The van der Waals surface area contributed by atoms with Crippen molar-refractivity contribution >= 4 is 17.5 Å². The molecule has 1 N–H and O–H groups in total. The largest absolute Gasteiger partial charge is 0.459 e. The molecule has 0 aliphatic carbocycles. The van der Waals surface area contributed by atoms with Gasteiger partial charge in [0.1, 0.15) is 17.7 Å². The van der Waals surface area contributed by atoms with Gasteiger partial charge in [0.2, 0.25) is 5.91 Å². The standard InChI is InChI=1S/C23H24FN5O3/c24-17-10-9-15(14-16(17)21-27-26-20-8-2-1-3-11-29(20)21)25-22(30)18-6-4-12-28(18)23(31)19-7-5-13-32-19/h5,7,9-10,13-14,18H,1-4,6,8,11-12H2,(H,25,30). The molecule has 8 nitrogen and oxygen atoms in total. The molecule has 3 aromatic rings. The first-order chi connectivity index (χ1) is 15.6. The second kappa shape index (κ2) is 8.57. The van der Waals surface area contributed by atoms with Crippen LogP contribution in [0.2, 0.25) is 0 Å². The van der Waals surface area contributed by atoms with Crippen molar-refractivity contribution in [1.82, 2.24) is 19.7 Å². The summed E-state index contributed by atoms with van der Waals surface area (Å²) in [6, 6.07) is 7.05. The van der Waals surface area contributed by atoms with Gasteiger partial charge in [-0.25, -0.2) is 4.39 Å². The molecule has 0 saturated carbocycles. The van der Waals surface area contributed by atoms with Crippen LogP contribution in [0.1, 0.15) is 48.5 Å². The van der Waals surface area contributed by atoms with E-state index in [0.717, 1.165) is 44.5 Å². The Morgan fingerprint density at radius 2 is 2.00 bits per heavy atom. The number of likely N-dealkylation sites (tertiary alicyclic amines) is 1. The van der Waals surface area contributed by atoms with Gasteiger partial charge in [-0.15, -0.1) is 10.2 Å². The topological polar surface area (TPSA) is 93.3 Å². The van der Waals surface area contributed by atoms with Crippen LogP contribution in [0.4, 0.5) is 10.1 Å². The van der Waals surface area contributed by atoms with Crippen molar-refractivity contribution < 1.29 is 18.4 Å². The zero-order valence-corrected chi connectivity index (χ0v) is 17.6. The Morgan fingerprint density at radius 3 is 2.84 bits per heavy atom. The first-order valence-electron chi connectivity index (χ1n) is 11.0. The van der Waals surface area contributed by atoms with E-state index in [0.29, 0.717) is 30.0 Å². The number of hydrogen-bond donors (Lipinski definition) is 1. The Bertz CT molecular complexity index is 1140. The molecule has 1 aromatic carbocycles. The minimum atomic E-state index is -0.606. The third-order valence-electron chi connectivity index (χ3n) is 6.13. The molecule has 2 aliphatic heterocycles. The van der Waals surface area contributed by atoms with Gasteiger partial charge in [0.05, 0.1) is 11.8 Å². The first-order valence-corrected chi connectivity index (χ1v) is 11.0. The van der Waals surface area contributed by atoms with Crippen LogP contribution >= 0.6 is 0 Å². The third kappa shape index (κ3) is 3.79. The lowest BCUT2D eigenvalue weighted by Crippen LogP contribution is -2.43. The maximum atomic E-state index is 14.7. The minimum Gasteiger partial charge on any atom is -0.459 e. The van der Waals surface area contributed by atoms with Crippen molar-refractivity contribution in [2.75, 3.05) is 11.9 Å². The fourth-order valence-electron chi connectivity index (χ4n) is 4.51. The molecule has 0 spiro atoms. The van der Waals surface area contributed by atoms with Crippen LogP contribution in [0.5, 0.6) is 0 Å². The highest BCUT2D eigenvalue weighted by atomic mass is 19.1. The van der Waals surface area contributed by atoms with Crippen molar-refractivity contribution in [2.45, 2.75) is 51.1 Å². The molecule has 2 amide bonds. The number of nitrogens with one attached hydrogen (secondary N) is 1. The second-order valence-corrected chi connectivity index (χ2v) is 8.22. The van der Waals surface area contributed by atoms with E-state index in [1.165, 1.54) is 23.3 Å². The second-order valence-electron chi connectivity index (χ2n) is 8.22. The van der Waals surface area contributed by atoms with Crippen molar-refractivity contribution in [3.63, 3.8) is 0 Å². The summed E-state index contributed by atoms with van der Waals surface area (Å²) in [6.07, 6.45) is 6.70. The van der Waals surface area contributed by atoms with Crippen molar-refractivity contribution in [3.05, 3.63) is 54.0 Å². The number of furan rings is 1. The molecule has 2 aliphatic rings. The number of carbonyl (C=O) groups is 2. The Kier molecular flexibility index (Phi) is 5.46. The fraction of sp³-hybridized carbons (Fsp3) is 0.391. The maximum Gasteiger partial charge on any atom is 0.290 e. The monoisotopic (exact) mass is 437 g/mol. The molecule has 1 unspecified atom stereocenters. The maximum absolute atomic E-state index is 14.7. The van der Waals surface area contributed by atoms with Crippen molar-refractivity contribution in [1.29, 1.82) is 0 Å². The molecule has 1 atom stereocenters. The Balaban J connectivity index is 1.37. The number of halogens is 1. The van der Waals surface area contributed by atoms with Crippen LogP contribution in [0, 0.1) is 5.82 Å². The summed E-state index contributed by atoms with van der Waals surface area (Å²) in [6.45, 7) is 1.23. The molecular formula is C23H24FN5O3. The number of benzene rings is 1. The molecule has 1 fully saturated rings. The van der Waals surface area contributed by atoms with Gasteiger partial charge in [-0.05, 0) is 56.0 Å². The lowest BCUT2D eigenvalue weighted by molar-refractivity contribution is -0.119. The van der Waals surface area contributed by atoms with Crippen molar-refractivity contribution in [2.24, 2.45) is 0 Å². The Morgan fingerprint density at radius 1 is 1.09 bits per heavy atom. The summed E-state index contributed by atoms with van der Waals surface area (Å²) >= 11 is 0. The quantitative estimate of drug-likeness (QED) is 0.673. The average Bonchev–Trinajstić information content (AvgIpc) is 3.54. The number of aromatic nitrogens is 3. The highest BCUT2D eigenvalue weighted by molar-refractivity contribution is 6.00. The molecular weight excluding hydrogens is 413 g/mol. The predicted octanol–water partition coefficient (Wildman–Crippen LogP) is 3.65. The number of amides is 2. The van der Waals surface area contributed by atoms with Gasteiger partial charge in [0.25, 0.3) is 5.91 Å². The summed E-state index contributed by atoms with van der Waals surface area (Å²) in [5.41, 5.74) is 0.757. The number of anilines is 1. The molecule has 32 heavy (non-hydrogen) atoms. The minimum absolute atomic E-state index is 0.210. The van der Waals surface area contributed by atoms with Crippen LogP contribution in [-0.2, 0) is 17.8 Å². The van der Waals surface area contributed by atoms with E-state index < -0.39 is 11.9 Å². The lowest BCUT2D eigenvalue weighted by Gasteiger charge is -2.23. The van der Waals surface area contributed by atoms with E-state index in [4.69, 9.17) is 4.42 Å². The van der Waals surface area contributed by atoms with E-state index in [9.17, 15) is 14.0 Å². The number of nitrogens with zero attached hydrogens (tertiary/aromatic N) is 4. The summed E-state index contributed by atoms with van der Waals surface area (Å²) in [5.74, 6) is 0.521. The number of fused-ring (bicyclic) bond motifs is 1. The van der Waals surface area contributed by atoms with E-state index >= 15 is 0 Å². The molecule has 0 bridgehead atoms. The van der Waals surface area contributed by atoms with Crippen LogP contribution < -0.4 is 5.32 Å². The van der Waals surface area contributed by atoms with Gasteiger partial charge in [0, 0.05) is 25.2 Å². The van der Waals surface area contributed by atoms with Gasteiger partial charge in [-0.1, -0.05) is 6.42 Å². The fourth-order valence-corrected chi connectivity index (χ4v) is 4.51. The smallest absolute Gasteiger partial charge is 0.290 e. The lowest BCUT2D eigenvalue weighted by atomic mass is 10.1. The average molecular weight is 437 g/mol. The zero-order valence-electron chi connectivity index (χ0n) is 17.6. The van der Waals surface area contributed by atoms with Crippen LogP contribution in [0.25, 0.3) is 11.4 Å². The van der Waals surface area contributed by atoms with Gasteiger partial charge in [-0.3, -0.25) is 9.59 Å². The number of rotatable bonds is 4. The highest BCUT2D eigenvalue weighted by Crippen LogP contribution is 2.28. The summed E-state index contributed by atoms with van der Waals surface area (Å²) in [5, 5.41) is 11.3. The van der Waals surface area contributed by atoms with Crippen LogP contribution in [0.15, 0.2) is 41.0 Å². The van der Waals surface area contributed by atoms with Gasteiger partial charge < -0.3 is 19.2 Å². The van der Waals surface area contributed by atoms with Crippen molar-refractivity contribution in [3.8, 4) is 11.4 Å². The van der Waals surface area contributed by atoms with Gasteiger partial charge in [-0.2, -0.15) is 0 Å². The SMILES string of the molecule is O=C(Nc1ccc(F)c(-c2nnc3n2CCCCC3)c1)C1CCCN1C(=O)c1ccco1. The van der Waals surface area contributed by atoms with E-state index in [1.807, 2.05) is 4.57 Å². The Labute approximate surface area is 184 Å². The van der Waals surface area contributed by atoms with E-state index in [-0.39, 0.29) is 17.6 Å². The summed E-state index contributed by atoms with van der Waals surface area (Å²) in [7, 11) is 0. The zero-order chi connectivity index (χ0) is 22.1. The third-order valence-corrected chi connectivity index (χ3v) is 6.13. The normalized spacial score (nSPS) is 18.3. The summed E-state index contributed by atoms with van der Waals surface area (Å²) in [4.78, 5) is 27.2. The number of aryl methyl sites for hydroxylation is 1. The molecule has 2 aromatic heterocycles. The van der Waals surface area contributed by atoms with E-state index in [2.05, 4.69) is 15.5 Å². The summed E-state index contributed by atoms with van der Waals surface area (Å²) < 4.78 is 21.9. The molecule has 166 valence electrons. The molecule has 9 heteroatoms. The van der Waals surface area contributed by atoms with Crippen LogP contribution in [-0.4, -0.2) is 44.1 Å². The Hall–Kier alpha value is -3.49. The number of hydrogen-bond acceptors (Lipinski definition) is 5. The van der Waals surface area contributed by atoms with E-state index in [1.54, 1.807) is 18.2 Å². The molecule has 1 saturated heterocycles. The predicted molar refractivity (Wildman–Crippen MR) is 114 cm³/mol. The molecule has 0 radical (unpaired) electrons. The molecule has 4 heterocycles. The van der Waals surface area contributed by atoms with Gasteiger partial charge >= 0.3 is 0 Å². The highest BCUT2D eigenvalue weighted by Gasteiger charge is 2.35. The first kappa shape index (κ1) is 20.4. The molecule has 5 rings (SSSR count). The van der Waals surface area contributed by atoms with Crippen LogP contribution in [0.3, 0.4) is 0 Å².